The lowest BCUT2D eigenvalue weighted by atomic mass is 10.2. The SMILES string of the molecule is C[C@H](Sc1ccc([N+](=O)[O-])cc1)C(=O)Nc1ccc2c(c1)NC(=O)[C@@H](C)O2. The van der Waals surface area contributed by atoms with Gasteiger partial charge in [-0.15, -0.1) is 11.8 Å². The molecule has 1 heterocycles. The van der Waals surface area contributed by atoms with Crippen LogP contribution in [0.25, 0.3) is 0 Å². The molecule has 3 rings (SSSR count). The predicted molar refractivity (Wildman–Crippen MR) is 102 cm³/mol. The zero-order valence-electron chi connectivity index (χ0n) is 14.6. The van der Waals surface area contributed by atoms with E-state index in [1.807, 2.05) is 0 Å². The van der Waals surface area contributed by atoms with Gasteiger partial charge in [-0.3, -0.25) is 19.7 Å². The summed E-state index contributed by atoms with van der Waals surface area (Å²) in [7, 11) is 0. The summed E-state index contributed by atoms with van der Waals surface area (Å²) in [5, 5.41) is 15.8. The second-order valence-corrected chi connectivity index (χ2v) is 7.37. The molecule has 0 unspecified atom stereocenters. The van der Waals surface area contributed by atoms with Crippen LogP contribution in [0.5, 0.6) is 5.75 Å². The van der Waals surface area contributed by atoms with Crippen molar-refractivity contribution in [2.75, 3.05) is 10.6 Å². The monoisotopic (exact) mass is 387 g/mol. The molecule has 0 bridgehead atoms. The molecular weight excluding hydrogens is 370 g/mol. The Balaban J connectivity index is 1.63. The number of hydrogen-bond acceptors (Lipinski definition) is 6. The molecule has 9 heteroatoms. The average molecular weight is 387 g/mol. The van der Waals surface area contributed by atoms with Gasteiger partial charge in [0, 0.05) is 22.7 Å². The summed E-state index contributed by atoms with van der Waals surface area (Å²) in [6.45, 7) is 3.40. The molecule has 0 saturated carbocycles. The largest absolute Gasteiger partial charge is 0.479 e. The summed E-state index contributed by atoms with van der Waals surface area (Å²) < 4.78 is 5.48. The normalized spacial score (nSPS) is 16.5. The van der Waals surface area contributed by atoms with Crippen molar-refractivity contribution in [3.05, 3.63) is 52.6 Å². The maximum absolute atomic E-state index is 12.4. The zero-order valence-corrected chi connectivity index (χ0v) is 15.4. The Kier molecular flexibility index (Phi) is 5.31. The molecule has 0 spiro atoms. The molecule has 0 aromatic heterocycles. The number of nitrogens with zero attached hydrogens (tertiary/aromatic N) is 1. The number of hydrogen-bond donors (Lipinski definition) is 2. The number of carbonyl (C=O) groups excluding carboxylic acids is 2. The first-order valence-electron chi connectivity index (χ1n) is 8.17. The Labute approximate surface area is 159 Å². The van der Waals surface area contributed by atoms with Crippen LogP contribution in [0.4, 0.5) is 17.1 Å². The molecule has 1 aliphatic rings. The van der Waals surface area contributed by atoms with Crippen molar-refractivity contribution in [3.63, 3.8) is 0 Å². The fourth-order valence-electron chi connectivity index (χ4n) is 2.43. The number of benzene rings is 2. The summed E-state index contributed by atoms with van der Waals surface area (Å²) in [6, 6.07) is 11.1. The van der Waals surface area contributed by atoms with Gasteiger partial charge < -0.3 is 15.4 Å². The van der Waals surface area contributed by atoms with Gasteiger partial charge in [-0.1, -0.05) is 0 Å². The van der Waals surface area contributed by atoms with Crippen molar-refractivity contribution in [2.45, 2.75) is 30.1 Å². The lowest BCUT2D eigenvalue weighted by molar-refractivity contribution is -0.384. The summed E-state index contributed by atoms with van der Waals surface area (Å²) in [5.41, 5.74) is 1.05. The van der Waals surface area contributed by atoms with Gasteiger partial charge >= 0.3 is 0 Å². The topological polar surface area (TPSA) is 111 Å². The van der Waals surface area contributed by atoms with Crippen LogP contribution in [0.15, 0.2) is 47.4 Å². The van der Waals surface area contributed by atoms with E-state index in [1.165, 1.54) is 23.9 Å². The molecule has 0 aliphatic carbocycles. The van der Waals surface area contributed by atoms with Gasteiger partial charge in [0.05, 0.1) is 15.9 Å². The minimum absolute atomic E-state index is 0.00379. The van der Waals surface area contributed by atoms with Gasteiger partial charge in [-0.25, -0.2) is 0 Å². The van der Waals surface area contributed by atoms with Gasteiger partial charge in [0.2, 0.25) is 5.91 Å². The lowest BCUT2D eigenvalue weighted by Crippen LogP contribution is -2.34. The van der Waals surface area contributed by atoms with Crippen LogP contribution >= 0.6 is 11.8 Å². The van der Waals surface area contributed by atoms with E-state index < -0.39 is 16.3 Å². The standard InChI is InChI=1S/C18H17N3O5S/c1-10-17(22)20-15-9-12(3-8-16(15)26-10)19-18(23)11(2)27-14-6-4-13(5-7-14)21(24)25/h3-11H,1-2H3,(H,19,23)(H,20,22)/t10-,11+/m1/s1. The number of nitro benzene ring substituents is 1. The van der Waals surface area contributed by atoms with Crippen molar-refractivity contribution in [1.29, 1.82) is 0 Å². The zero-order chi connectivity index (χ0) is 19.6. The van der Waals surface area contributed by atoms with Crippen LogP contribution in [-0.2, 0) is 9.59 Å². The Morgan fingerprint density at radius 1 is 1.30 bits per heavy atom. The van der Waals surface area contributed by atoms with Gasteiger partial charge in [0.1, 0.15) is 5.75 Å². The molecule has 2 atom stereocenters. The molecule has 2 aromatic rings. The van der Waals surface area contributed by atoms with E-state index in [9.17, 15) is 19.7 Å². The summed E-state index contributed by atoms with van der Waals surface area (Å²) in [4.78, 5) is 35.1. The minimum Gasteiger partial charge on any atom is -0.479 e. The molecule has 0 fully saturated rings. The first kappa shape index (κ1) is 18.7. The Morgan fingerprint density at radius 3 is 2.67 bits per heavy atom. The average Bonchev–Trinajstić information content (AvgIpc) is 2.63. The minimum atomic E-state index is -0.559. The molecule has 0 radical (unpaired) electrons. The molecule has 8 nitrogen and oxygen atoms in total. The highest BCUT2D eigenvalue weighted by molar-refractivity contribution is 8.00. The van der Waals surface area contributed by atoms with E-state index in [1.54, 1.807) is 44.2 Å². The number of amides is 2. The van der Waals surface area contributed by atoms with Crippen molar-refractivity contribution in [2.24, 2.45) is 0 Å². The molecule has 2 amide bonds. The Hall–Kier alpha value is -3.07. The van der Waals surface area contributed by atoms with E-state index in [-0.39, 0.29) is 17.5 Å². The van der Waals surface area contributed by atoms with Gasteiger partial charge in [-0.05, 0) is 44.2 Å². The highest BCUT2D eigenvalue weighted by Crippen LogP contribution is 2.32. The summed E-state index contributed by atoms with van der Waals surface area (Å²) >= 11 is 1.29. The van der Waals surface area contributed by atoms with Crippen LogP contribution in [0, 0.1) is 10.1 Å². The number of ether oxygens (including phenoxy) is 1. The maximum Gasteiger partial charge on any atom is 0.269 e. The molecule has 1 aliphatic heterocycles. The number of anilines is 2. The smallest absolute Gasteiger partial charge is 0.269 e. The van der Waals surface area contributed by atoms with Crippen molar-refractivity contribution < 1.29 is 19.2 Å². The van der Waals surface area contributed by atoms with Crippen LogP contribution < -0.4 is 15.4 Å². The van der Waals surface area contributed by atoms with E-state index in [0.717, 1.165) is 4.90 Å². The first-order valence-corrected chi connectivity index (χ1v) is 9.05. The predicted octanol–water partition coefficient (Wildman–Crippen LogP) is 3.43. The van der Waals surface area contributed by atoms with Crippen LogP contribution in [-0.4, -0.2) is 28.1 Å². The molecule has 2 N–H and O–H groups in total. The van der Waals surface area contributed by atoms with E-state index in [0.29, 0.717) is 17.1 Å². The quantitative estimate of drug-likeness (QED) is 0.462. The fraction of sp³-hybridized carbons (Fsp3) is 0.222. The van der Waals surface area contributed by atoms with Crippen LogP contribution in [0.2, 0.25) is 0 Å². The molecule has 2 aromatic carbocycles. The fourth-order valence-corrected chi connectivity index (χ4v) is 3.30. The van der Waals surface area contributed by atoms with Gasteiger partial charge in [0.15, 0.2) is 6.10 Å². The number of carbonyl (C=O) groups is 2. The first-order chi connectivity index (χ1) is 12.8. The summed E-state index contributed by atoms with van der Waals surface area (Å²) in [5.74, 6) is 0.0798. The molecule has 27 heavy (non-hydrogen) atoms. The van der Waals surface area contributed by atoms with E-state index in [4.69, 9.17) is 4.74 Å². The molecule has 140 valence electrons. The Bertz CT molecular complexity index is 900. The lowest BCUT2D eigenvalue weighted by Gasteiger charge is -2.23. The Morgan fingerprint density at radius 2 is 2.00 bits per heavy atom. The van der Waals surface area contributed by atoms with Gasteiger partial charge in [-0.2, -0.15) is 0 Å². The number of rotatable bonds is 5. The van der Waals surface area contributed by atoms with Crippen LogP contribution in [0.3, 0.4) is 0 Å². The number of nitrogens with one attached hydrogen (secondary N) is 2. The molecular formula is C18H17N3O5S. The number of thioether (sulfide) groups is 1. The third-order valence-corrected chi connectivity index (χ3v) is 5.02. The van der Waals surface area contributed by atoms with Crippen molar-refractivity contribution >= 4 is 40.6 Å². The number of fused-ring (bicyclic) bond motifs is 1. The van der Waals surface area contributed by atoms with Gasteiger partial charge in [0.25, 0.3) is 11.6 Å². The maximum atomic E-state index is 12.4. The third kappa shape index (κ3) is 4.37. The summed E-state index contributed by atoms with van der Waals surface area (Å²) in [6.07, 6.45) is -0.559. The number of non-ortho nitro benzene ring substituents is 1. The van der Waals surface area contributed by atoms with Crippen molar-refractivity contribution in [3.8, 4) is 5.75 Å². The highest BCUT2D eigenvalue weighted by Gasteiger charge is 2.24. The van der Waals surface area contributed by atoms with E-state index >= 15 is 0 Å². The number of nitro groups is 1. The molecule has 0 saturated heterocycles. The van der Waals surface area contributed by atoms with E-state index in [2.05, 4.69) is 10.6 Å². The van der Waals surface area contributed by atoms with Crippen molar-refractivity contribution in [1.82, 2.24) is 0 Å². The highest BCUT2D eigenvalue weighted by atomic mass is 32.2. The second kappa shape index (κ2) is 7.67. The van der Waals surface area contributed by atoms with Crippen LogP contribution in [0.1, 0.15) is 13.8 Å². The second-order valence-electron chi connectivity index (χ2n) is 5.96. The third-order valence-electron chi connectivity index (χ3n) is 3.91.